The maximum absolute atomic E-state index is 13.1. The summed E-state index contributed by atoms with van der Waals surface area (Å²) in [6.45, 7) is 3.65. The van der Waals surface area contributed by atoms with Crippen LogP contribution in [0, 0.1) is 0 Å². The molecular formula is C53H105NO9. The highest BCUT2D eigenvalue weighted by Crippen LogP contribution is 2.23. The molecule has 1 aliphatic heterocycles. The fraction of sp³-hybridized carbons (Fsp3) is 0.981. The lowest BCUT2D eigenvalue weighted by Crippen LogP contribution is -2.60. The molecule has 376 valence electrons. The Hall–Kier alpha value is -0.850. The summed E-state index contributed by atoms with van der Waals surface area (Å²) in [4.78, 5) is 13.1. The van der Waals surface area contributed by atoms with E-state index in [-0.39, 0.29) is 18.9 Å². The van der Waals surface area contributed by atoms with Crippen LogP contribution in [0.5, 0.6) is 0 Å². The van der Waals surface area contributed by atoms with E-state index >= 15 is 0 Å². The summed E-state index contributed by atoms with van der Waals surface area (Å²) >= 11 is 0. The second-order valence-corrected chi connectivity index (χ2v) is 19.5. The first kappa shape index (κ1) is 60.2. The monoisotopic (exact) mass is 900 g/mol. The van der Waals surface area contributed by atoms with E-state index in [1.54, 1.807) is 0 Å². The van der Waals surface area contributed by atoms with Crippen LogP contribution in [0.15, 0.2) is 0 Å². The molecule has 1 amide bonds. The molecule has 1 rings (SSSR count). The molecule has 0 bridgehead atoms. The average molecular weight is 900 g/mol. The van der Waals surface area contributed by atoms with E-state index in [4.69, 9.17) is 9.47 Å². The Kier molecular flexibility index (Phi) is 41.7. The van der Waals surface area contributed by atoms with Gasteiger partial charge in [-0.3, -0.25) is 4.79 Å². The summed E-state index contributed by atoms with van der Waals surface area (Å²) in [5.41, 5.74) is 0. The molecule has 0 aliphatic carbocycles. The highest BCUT2D eigenvalue weighted by Gasteiger charge is 2.44. The number of aliphatic hydroxyl groups is 6. The van der Waals surface area contributed by atoms with Crippen molar-refractivity contribution in [1.82, 2.24) is 5.32 Å². The van der Waals surface area contributed by atoms with Gasteiger partial charge in [0, 0.05) is 6.42 Å². The lowest BCUT2D eigenvalue weighted by atomic mass is 9.98. The summed E-state index contributed by atoms with van der Waals surface area (Å²) in [5, 5.41) is 65.5. The second-order valence-electron chi connectivity index (χ2n) is 19.5. The van der Waals surface area contributed by atoms with E-state index < -0.39 is 55.6 Å². The Labute approximate surface area is 387 Å². The summed E-state index contributed by atoms with van der Waals surface area (Å²) in [5.74, 6) is -0.251. The van der Waals surface area contributed by atoms with E-state index in [1.807, 2.05) is 0 Å². The Bertz CT molecular complexity index is 973. The molecule has 1 heterocycles. The van der Waals surface area contributed by atoms with E-state index in [0.717, 1.165) is 38.5 Å². The van der Waals surface area contributed by atoms with Crippen molar-refractivity contribution in [2.24, 2.45) is 0 Å². The molecule has 1 aliphatic rings. The van der Waals surface area contributed by atoms with Crippen LogP contribution in [0.3, 0.4) is 0 Å². The molecular weight excluding hydrogens is 795 g/mol. The minimum Gasteiger partial charge on any atom is -0.394 e. The van der Waals surface area contributed by atoms with Crippen molar-refractivity contribution >= 4 is 5.91 Å². The molecule has 2 unspecified atom stereocenters. The van der Waals surface area contributed by atoms with Crippen LogP contribution < -0.4 is 5.32 Å². The number of hydrogen-bond acceptors (Lipinski definition) is 9. The molecule has 10 nitrogen and oxygen atoms in total. The molecule has 0 aromatic rings. The van der Waals surface area contributed by atoms with Crippen molar-refractivity contribution in [3.8, 4) is 0 Å². The molecule has 10 heteroatoms. The predicted molar refractivity (Wildman–Crippen MR) is 260 cm³/mol. The standard InChI is InChI=1S/C53H105NO9/c1-3-5-7-9-11-13-15-17-19-21-22-23-24-25-26-28-30-32-34-36-38-40-42-48(57)54-45(44-62-53-52(61)51(60)50(59)47(43-55)63-53)49(58)46(56)41-39-37-35-33-31-29-27-20-18-16-14-12-10-8-6-4-2/h45-47,49-53,55-56,58-61H,3-44H2,1-2H3,(H,54,57)/t45-,46+,47+,49-,50-,51?,52?,53+/m0/s1. The van der Waals surface area contributed by atoms with Gasteiger partial charge in [0.05, 0.1) is 25.4 Å². The van der Waals surface area contributed by atoms with Gasteiger partial charge in [0.15, 0.2) is 6.29 Å². The number of carbonyl (C=O) groups is 1. The minimum absolute atomic E-state index is 0.251. The molecule has 8 atom stereocenters. The maximum Gasteiger partial charge on any atom is 0.220 e. The largest absolute Gasteiger partial charge is 0.394 e. The van der Waals surface area contributed by atoms with Gasteiger partial charge in [0.2, 0.25) is 5.91 Å². The average Bonchev–Trinajstić information content (AvgIpc) is 3.28. The normalized spacial score (nSPS) is 20.5. The van der Waals surface area contributed by atoms with Crippen molar-refractivity contribution in [3.05, 3.63) is 0 Å². The molecule has 0 radical (unpaired) electrons. The van der Waals surface area contributed by atoms with Gasteiger partial charge >= 0.3 is 0 Å². The Morgan fingerprint density at radius 2 is 0.825 bits per heavy atom. The van der Waals surface area contributed by atoms with Crippen molar-refractivity contribution < 1.29 is 44.9 Å². The maximum atomic E-state index is 13.1. The fourth-order valence-electron chi connectivity index (χ4n) is 9.14. The van der Waals surface area contributed by atoms with Gasteiger partial charge in [-0.1, -0.05) is 251 Å². The number of nitrogens with one attached hydrogen (secondary N) is 1. The first-order valence-corrected chi connectivity index (χ1v) is 27.3. The summed E-state index contributed by atoms with van der Waals surface area (Å²) in [6.07, 6.45) is 39.7. The van der Waals surface area contributed by atoms with Gasteiger partial charge < -0.3 is 45.4 Å². The quantitative estimate of drug-likeness (QED) is 0.0294. The highest BCUT2D eigenvalue weighted by atomic mass is 16.7. The Balaban J connectivity index is 2.27. The summed E-state index contributed by atoms with van der Waals surface area (Å²) in [6, 6.07) is -0.986. The smallest absolute Gasteiger partial charge is 0.220 e. The lowest BCUT2D eigenvalue weighted by Gasteiger charge is -2.40. The number of ether oxygens (including phenoxy) is 2. The van der Waals surface area contributed by atoms with E-state index in [2.05, 4.69) is 19.2 Å². The van der Waals surface area contributed by atoms with Gasteiger partial charge in [0.1, 0.15) is 30.5 Å². The number of hydrogen-bond donors (Lipinski definition) is 7. The number of unbranched alkanes of at least 4 members (excludes halogenated alkanes) is 36. The van der Waals surface area contributed by atoms with Crippen molar-refractivity contribution in [1.29, 1.82) is 0 Å². The molecule has 0 aromatic heterocycles. The summed E-state index contributed by atoms with van der Waals surface area (Å²) in [7, 11) is 0. The fourth-order valence-corrected chi connectivity index (χ4v) is 9.14. The van der Waals surface area contributed by atoms with E-state index in [1.165, 1.54) is 205 Å². The van der Waals surface area contributed by atoms with E-state index in [0.29, 0.717) is 6.42 Å². The molecule has 1 fully saturated rings. The Morgan fingerprint density at radius 3 is 1.17 bits per heavy atom. The predicted octanol–water partition coefficient (Wildman–Crippen LogP) is 11.7. The molecule has 7 N–H and O–H groups in total. The third-order valence-corrected chi connectivity index (χ3v) is 13.6. The zero-order valence-electron chi connectivity index (χ0n) is 41.2. The minimum atomic E-state index is -1.60. The van der Waals surface area contributed by atoms with Crippen LogP contribution in [0.4, 0.5) is 0 Å². The molecule has 63 heavy (non-hydrogen) atoms. The third kappa shape index (κ3) is 33.3. The van der Waals surface area contributed by atoms with Gasteiger partial charge in [-0.15, -0.1) is 0 Å². The molecule has 0 aromatic carbocycles. The molecule has 1 saturated heterocycles. The van der Waals surface area contributed by atoms with Crippen LogP contribution in [-0.4, -0.2) is 98.7 Å². The van der Waals surface area contributed by atoms with Gasteiger partial charge in [-0.2, -0.15) is 0 Å². The van der Waals surface area contributed by atoms with Crippen LogP contribution in [0.2, 0.25) is 0 Å². The number of amides is 1. The van der Waals surface area contributed by atoms with Gasteiger partial charge in [0.25, 0.3) is 0 Å². The SMILES string of the molecule is CCCCCCCCCCCCCCCCCCCCCCCCC(=O)N[C@@H](CO[C@@H]1O[C@H](CO)[C@H](O)C(O)C1O)[C@H](O)[C@H](O)CCCCCCCCCCCCCCCCCC. The number of aliphatic hydroxyl groups excluding tert-OH is 6. The number of rotatable bonds is 47. The first-order valence-electron chi connectivity index (χ1n) is 27.3. The number of carbonyl (C=O) groups excluding carboxylic acids is 1. The van der Waals surface area contributed by atoms with Crippen LogP contribution in [0.25, 0.3) is 0 Å². The van der Waals surface area contributed by atoms with E-state index in [9.17, 15) is 35.4 Å². The zero-order chi connectivity index (χ0) is 46.0. The Morgan fingerprint density at radius 1 is 0.492 bits per heavy atom. The van der Waals surface area contributed by atoms with Crippen molar-refractivity contribution in [2.75, 3.05) is 13.2 Å². The van der Waals surface area contributed by atoms with Crippen LogP contribution >= 0.6 is 0 Å². The lowest BCUT2D eigenvalue weighted by molar-refractivity contribution is -0.303. The third-order valence-electron chi connectivity index (χ3n) is 13.6. The first-order chi connectivity index (χ1) is 30.8. The van der Waals surface area contributed by atoms with Crippen LogP contribution in [-0.2, 0) is 14.3 Å². The van der Waals surface area contributed by atoms with Gasteiger partial charge in [-0.25, -0.2) is 0 Å². The zero-order valence-corrected chi connectivity index (χ0v) is 41.2. The van der Waals surface area contributed by atoms with Crippen molar-refractivity contribution in [3.63, 3.8) is 0 Å². The van der Waals surface area contributed by atoms with Gasteiger partial charge in [-0.05, 0) is 12.8 Å². The summed E-state index contributed by atoms with van der Waals surface area (Å²) < 4.78 is 11.2. The molecule has 0 spiro atoms. The molecule has 0 saturated carbocycles. The van der Waals surface area contributed by atoms with Crippen LogP contribution in [0.1, 0.15) is 271 Å². The highest BCUT2D eigenvalue weighted by molar-refractivity contribution is 5.76. The van der Waals surface area contributed by atoms with Crippen molar-refractivity contribution in [2.45, 2.75) is 320 Å². The second kappa shape index (κ2) is 43.7. The topological polar surface area (TPSA) is 169 Å².